The van der Waals surface area contributed by atoms with Crippen molar-refractivity contribution in [3.05, 3.63) is 29.3 Å². The molecule has 0 radical (unpaired) electrons. The lowest BCUT2D eigenvalue weighted by Gasteiger charge is -2.34. The lowest BCUT2D eigenvalue weighted by molar-refractivity contribution is 0.411. The van der Waals surface area contributed by atoms with Crippen molar-refractivity contribution in [2.45, 2.75) is 43.2 Å². The zero-order valence-corrected chi connectivity index (χ0v) is 12.9. The van der Waals surface area contributed by atoms with Crippen LogP contribution in [0.2, 0.25) is 0 Å². The van der Waals surface area contributed by atoms with Crippen LogP contribution < -0.4 is 10.1 Å². The molecule has 106 valence electrons. The van der Waals surface area contributed by atoms with Crippen LogP contribution in [0.15, 0.2) is 18.2 Å². The molecule has 0 amide bonds. The molecule has 0 heterocycles. The number of methoxy groups -OCH3 is 1. The van der Waals surface area contributed by atoms with Crippen LogP contribution in [0.25, 0.3) is 0 Å². The van der Waals surface area contributed by atoms with Crippen LogP contribution in [0.1, 0.15) is 37.4 Å². The number of nitrogens with one attached hydrogen (secondary N) is 1. The molecule has 3 unspecified atom stereocenters. The minimum absolute atomic E-state index is 0.155. The maximum absolute atomic E-state index is 12.5. The van der Waals surface area contributed by atoms with Crippen molar-refractivity contribution >= 4 is 10.8 Å². The van der Waals surface area contributed by atoms with Crippen LogP contribution >= 0.6 is 0 Å². The third-order valence-corrected chi connectivity index (χ3v) is 5.87. The Morgan fingerprint density at radius 3 is 2.74 bits per heavy atom. The molecule has 0 fully saturated rings. The van der Waals surface area contributed by atoms with Crippen LogP contribution in [0.4, 0.5) is 0 Å². The number of hydrogen-bond acceptors (Lipinski definition) is 3. The van der Waals surface area contributed by atoms with Crippen LogP contribution in [-0.2, 0) is 17.2 Å². The van der Waals surface area contributed by atoms with Crippen LogP contribution in [0, 0.1) is 0 Å². The van der Waals surface area contributed by atoms with Crippen molar-refractivity contribution in [2.75, 3.05) is 14.2 Å². The SMILES string of the molecule is CNC1c2cc(OC)ccc2CCC1S(=O)C(C)C. The van der Waals surface area contributed by atoms with Gasteiger partial charge in [0, 0.05) is 22.1 Å². The molecule has 1 aromatic carbocycles. The summed E-state index contributed by atoms with van der Waals surface area (Å²) in [5, 5.41) is 3.74. The predicted molar refractivity (Wildman–Crippen MR) is 80.2 cm³/mol. The molecule has 0 spiro atoms. The largest absolute Gasteiger partial charge is 0.497 e. The van der Waals surface area contributed by atoms with E-state index < -0.39 is 10.8 Å². The van der Waals surface area contributed by atoms with Crippen LogP contribution in [0.3, 0.4) is 0 Å². The Morgan fingerprint density at radius 2 is 2.16 bits per heavy atom. The van der Waals surface area contributed by atoms with E-state index in [0.29, 0.717) is 0 Å². The Morgan fingerprint density at radius 1 is 1.42 bits per heavy atom. The Bertz CT molecular complexity index is 473. The smallest absolute Gasteiger partial charge is 0.119 e. The molecule has 1 aromatic rings. The molecule has 19 heavy (non-hydrogen) atoms. The molecular formula is C15H23NO2S. The molecule has 2 rings (SSSR count). The molecule has 3 atom stereocenters. The fraction of sp³-hybridized carbons (Fsp3) is 0.600. The highest BCUT2D eigenvalue weighted by molar-refractivity contribution is 7.86. The quantitative estimate of drug-likeness (QED) is 0.921. The second-order valence-electron chi connectivity index (χ2n) is 5.29. The number of ether oxygens (including phenoxy) is 1. The average Bonchev–Trinajstić information content (AvgIpc) is 2.44. The first-order valence-electron chi connectivity index (χ1n) is 6.82. The predicted octanol–water partition coefficient (Wildman–Crippen LogP) is 2.43. The standard InChI is InChI=1S/C15H23NO2S/c1-10(2)19(17)14-8-6-11-5-7-12(18-4)9-13(11)15(14)16-3/h5,7,9-10,14-16H,6,8H2,1-4H3. The van der Waals surface area contributed by atoms with E-state index in [9.17, 15) is 4.21 Å². The van der Waals surface area contributed by atoms with Gasteiger partial charge in [0.15, 0.2) is 0 Å². The van der Waals surface area contributed by atoms with Crippen molar-refractivity contribution in [1.29, 1.82) is 0 Å². The van der Waals surface area contributed by atoms with Crippen LogP contribution in [0.5, 0.6) is 5.75 Å². The normalized spacial score (nSPS) is 24.1. The first-order valence-corrected chi connectivity index (χ1v) is 8.09. The van der Waals surface area contributed by atoms with Gasteiger partial charge < -0.3 is 10.1 Å². The summed E-state index contributed by atoms with van der Waals surface area (Å²) in [6.45, 7) is 4.06. The number of benzene rings is 1. The van der Waals surface area contributed by atoms with Gasteiger partial charge in [0.1, 0.15) is 5.75 Å². The molecule has 4 heteroatoms. The van der Waals surface area contributed by atoms with Gasteiger partial charge in [0.25, 0.3) is 0 Å². The molecule has 0 aliphatic heterocycles. The zero-order valence-electron chi connectivity index (χ0n) is 12.1. The summed E-state index contributed by atoms with van der Waals surface area (Å²) in [7, 11) is 2.82. The van der Waals surface area contributed by atoms with Gasteiger partial charge in [0.2, 0.25) is 0 Å². The second kappa shape index (κ2) is 6.06. The summed E-state index contributed by atoms with van der Waals surface area (Å²) < 4.78 is 17.8. The van der Waals surface area contributed by atoms with Crippen molar-refractivity contribution in [3.8, 4) is 5.75 Å². The highest BCUT2D eigenvalue weighted by atomic mass is 32.2. The van der Waals surface area contributed by atoms with Gasteiger partial charge >= 0.3 is 0 Å². The summed E-state index contributed by atoms with van der Waals surface area (Å²) in [5.41, 5.74) is 2.59. The number of fused-ring (bicyclic) bond motifs is 1. The van der Waals surface area contributed by atoms with E-state index in [-0.39, 0.29) is 16.5 Å². The third-order valence-electron chi connectivity index (χ3n) is 3.83. The van der Waals surface area contributed by atoms with Crippen molar-refractivity contribution in [2.24, 2.45) is 0 Å². The molecule has 1 N–H and O–H groups in total. The van der Waals surface area contributed by atoms with Gasteiger partial charge in [-0.2, -0.15) is 0 Å². The van der Waals surface area contributed by atoms with E-state index >= 15 is 0 Å². The Balaban J connectivity index is 2.37. The number of rotatable bonds is 4. The maximum Gasteiger partial charge on any atom is 0.119 e. The summed E-state index contributed by atoms with van der Waals surface area (Å²) in [5.74, 6) is 0.870. The fourth-order valence-corrected chi connectivity index (χ4v) is 4.42. The monoisotopic (exact) mass is 281 g/mol. The number of aryl methyl sites for hydroxylation is 1. The molecule has 1 aliphatic rings. The average molecular weight is 281 g/mol. The highest BCUT2D eigenvalue weighted by Crippen LogP contribution is 2.35. The maximum atomic E-state index is 12.5. The van der Waals surface area contributed by atoms with Crippen molar-refractivity contribution in [1.82, 2.24) is 5.32 Å². The second-order valence-corrected chi connectivity index (χ2v) is 7.49. The van der Waals surface area contributed by atoms with Gasteiger partial charge in [-0.05, 0) is 43.1 Å². The minimum atomic E-state index is -0.807. The summed E-state index contributed by atoms with van der Waals surface area (Å²) in [4.78, 5) is 0. The molecule has 0 saturated heterocycles. The van der Waals surface area contributed by atoms with Gasteiger partial charge in [-0.3, -0.25) is 4.21 Å². The van der Waals surface area contributed by atoms with Gasteiger partial charge in [-0.15, -0.1) is 0 Å². The van der Waals surface area contributed by atoms with E-state index in [1.807, 2.05) is 27.0 Å². The molecule has 3 nitrogen and oxygen atoms in total. The van der Waals surface area contributed by atoms with E-state index in [0.717, 1.165) is 18.6 Å². The molecular weight excluding hydrogens is 258 g/mol. The minimum Gasteiger partial charge on any atom is -0.497 e. The Hall–Kier alpha value is -0.870. The van der Waals surface area contributed by atoms with Gasteiger partial charge in [-0.25, -0.2) is 0 Å². The van der Waals surface area contributed by atoms with Crippen molar-refractivity contribution < 1.29 is 8.95 Å². The molecule has 1 aliphatic carbocycles. The third kappa shape index (κ3) is 2.84. The summed E-state index contributed by atoms with van der Waals surface area (Å²) >= 11 is 0. The molecule has 0 saturated carbocycles. The van der Waals surface area contributed by atoms with Gasteiger partial charge in [0.05, 0.1) is 12.4 Å². The molecule has 0 bridgehead atoms. The first-order chi connectivity index (χ1) is 9.08. The number of hydrogen-bond donors (Lipinski definition) is 1. The van der Waals surface area contributed by atoms with Crippen LogP contribution in [-0.4, -0.2) is 28.9 Å². The lowest BCUT2D eigenvalue weighted by atomic mass is 9.87. The first kappa shape index (κ1) is 14.5. The van der Waals surface area contributed by atoms with Gasteiger partial charge in [-0.1, -0.05) is 19.9 Å². The van der Waals surface area contributed by atoms with E-state index in [2.05, 4.69) is 17.4 Å². The summed E-state index contributed by atoms with van der Waals surface area (Å²) in [6.07, 6.45) is 1.98. The topological polar surface area (TPSA) is 38.3 Å². The highest BCUT2D eigenvalue weighted by Gasteiger charge is 2.33. The van der Waals surface area contributed by atoms with Crippen molar-refractivity contribution in [3.63, 3.8) is 0 Å². The lowest BCUT2D eigenvalue weighted by Crippen LogP contribution is -2.39. The Kier molecular flexibility index (Phi) is 4.63. The van der Waals surface area contributed by atoms with E-state index in [1.165, 1.54) is 11.1 Å². The Labute approximate surface area is 118 Å². The molecule has 0 aromatic heterocycles. The zero-order chi connectivity index (χ0) is 14.0. The summed E-state index contributed by atoms with van der Waals surface area (Å²) in [6, 6.07) is 6.38. The van der Waals surface area contributed by atoms with E-state index in [1.54, 1.807) is 7.11 Å². The fourth-order valence-electron chi connectivity index (χ4n) is 2.82. The van der Waals surface area contributed by atoms with E-state index in [4.69, 9.17) is 4.74 Å².